The molecule has 10 heteroatoms. The van der Waals surface area contributed by atoms with Gasteiger partial charge in [0.2, 0.25) is 11.8 Å². The van der Waals surface area contributed by atoms with Crippen LogP contribution >= 0.6 is 31.9 Å². The molecule has 0 saturated carbocycles. The van der Waals surface area contributed by atoms with E-state index < -0.39 is 37.1 Å². The Morgan fingerprint density at radius 2 is 0.938 bits per heavy atom. The largest absolute Gasteiger partial charge is 0.463 e. The fraction of sp³-hybridized carbons (Fsp3) is 0.818. The molecule has 0 aliphatic carbocycles. The van der Waals surface area contributed by atoms with Gasteiger partial charge in [-0.1, -0.05) is 45.7 Å². The Morgan fingerprint density at radius 1 is 0.656 bits per heavy atom. The number of hydrogen-bond donors (Lipinski definition) is 2. The topological polar surface area (TPSA) is 111 Å². The first kappa shape index (κ1) is 30.8. The number of halogens is 2. The molecule has 0 aromatic rings. The summed E-state index contributed by atoms with van der Waals surface area (Å²) in [5.74, 6) is -1.88. The van der Waals surface area contributed by atoms with Crippen LogP contribution in [0.1, 0.15) is 75.7 Å². The van der Waals surface area contributed by atoms with Crippen molar-refractivity contribution < 1.29 is 28.7 Å². The Morgan fingerprint density at radius 3 is 1.16 bits per heavy atom. The maximum Gasteiger partial charge on any atom is 0.331 e. The summed E-state index contributed by atoms with van der Waals surface area (Å²) in [7, 11) is 0. The number of alkyl halides is 2. The van der Waals surface area contributed by atoms with Gasteiger partial charge in [0.15, 0.2) is 0 Å². The standard InChI is InChI=1S/C22H38Br2N2O6/c1-11-22(10,12-31-16(29)20(6,7)25-14(27)18(2,3)23)13-32-17(30)21(8,9)26-15(28)19(4,5)24/h11-13H2,1-10H3,(H,25,27)(H,26,28). The summed E-state index contributed by atoms with van der Waals surface area (Å²) in [5.41, 5.74) is -3.11. The van der Waals surface area contributed by atoms with Crippen LogP contribution in [0.5, 0.6) is 0 Å². The highest BCUT2D eigenvalue weighted by Gasteiger charge is 2.39. The lowest BCUT2D eigenvalue weighted by atomic mass is 9.89. The van der Waals surface area contributed by atoms with Gasteiger partial charge in [0, 0.05) is 5.41 Å². The number of carbonyl (C=O) groups is 4. The molecule has 0 rings (SSSR count). The van der Waals surface area contributed by atoms with Crippen LogP contribution in [0.4, 0.5) is 0 Å². The Kier molecular flexibility index (Phi) is 10.5. The number of esters is 2. The summed E-state index contributed by atoms with van der Waals surface area (Å²) in [5, 5.41) is 5.32. The van der Waals surface area contributed by atoms with Crippen LogP contribution in [0.2, 0.25) is 0 Å². The highest BCUT2D eigenvalue weighted by atomic mass is 79.9. The zero-order chi connectivity index (χ0) is 25.8. The van der Waals surface area contributed by atoms with Gasteiger partial charge in [-0.05, 0) is 61.8 Å². The van der Waals surface area contributed by atoms with Gasteiger partial charge in [0.1, 0.15) is 11.1 Å². The van der Waals surface area contributed by atoms with Crippen LogP contribution in [0.3, 0.4) is 0 Å². The quantitative estimate of drug-likeness (QED) is 0.283. The van der Waals surface area contributed by atoms with E-state index in [1.54, 1.807) is 55.4 Å². The van der Waals surface area contributed by atoms with Crippen molar-refractivity contribution in [3.63, 3.8) is 0 Å². The van der Waals surface area contributed by atoms with Crippen molar-refractivity contribution in [2.75, 3.05) is 13.2 Å². The van der Waals surface area contributed by atoms with Crippen LogP contribution in [-0.4, -0.2) is 56.7 Å². The van der Waals surface area contributed by atoms with Crippen LogP contribution in [0.15, 0.2) is 0 Å². The minimum Gasteiger partial charge on any atom is -0.463 e. The monoisotopic (exact) mass is 584 g/mol. The lowest BCUT2D eigenvalue weighted by Gasteiger charge is -2.33. The molecule has 186 valence electrons. The number of hydrogen-bond acceptors (Lipinski definition) is 6. The van der Waals surface area contributed by atoms with Crippen LogP contribution in [-0.2, 0) is 28.7 Å². The average Bonchev–Trinajstić information content (AvgIpc) is 2.61. The molecule has 0 aliphatic rings. The molecular formula is C22H38Br2N2O6. The Hall–Kier alpha value is -1.16. The van der Waals surface area contributed by atoms with Crippen molar-refractivity contribution >= 4 is 55.6 Å². The molecule has 0 fully saturated rings. The van der Waals surface area contributed by atoms with E-state index in [1.807, 2.05) is 13.8 Å². The number of rotatable bonds is 11. The molecule has 0 radical (unpaired) electrons. The predicted octanol–water partition coefficient (Wildman–Crippen LogP) is 3.63. The van der Waals surface area contributed by atoms with E-state index in [1.165, 1.54) is 0 Å². The molecule has 2 N–H and O–H groups in total. The second-order valence-electron chi connectivity index (χ2n) is 10.4. The van der Waals surface area contributed by atoms with Gasteiger partial charge in [-0.15, -0.1) is 0 Å². The zero-order valence-electron chi connectivity index (χ0n) is 20.8. The number of ether oxygens (including phenoxy) is 2. The van der Waals surface area contributed by atoms with Crippen molar-refractivity contribution in [3.8, 4) is 0 Å². The molecule has 32 heavy (non-hydrogen) atoms. The van der Waals surface area contributed by atoms with Gasteiger partial charge < -0.3 is 20.1 Å². The van der Waals surface area contributed by atoms with Crippen molar-refractivity contribution in [3.05, 3.63) is 0 Å². The summed E-state index contributed by atoms with van der Waals surface area (Å²) in [6.07, 6.45) is 0.565. The molecule has 0 aromatic heterocycles. The molecule has 2 amide bonds. The maximum atomic E-state index is 12.6. The fourth-order valence-corrected chi connectivity index (χ4v) is 2.25. The average molecular weight is 586 g/mol. The molecule has 0 aliphatic heterocycles. The van der Waals surface area contributed by atoms with Crippen molar-refractivity contribution in [2.24, 2.45) is 5.41 Å². The van der Waals surface area contributed by atoms with Gasteiger partial charge in [0.05, 0.1) is 21.9 Å². The predicted molar refractivity (Wildman–Crippen MR) is 131 cm³/mol. The molecule has 0 spiro atoms. The first-order valence-corrected chi connectivity index (χ1v) is 12.0. The van der Waals surface area contributed by atoms with E-state index in [0.717, 1.165) is 0 Å². The van der Waals surface area contributed by atoms with E-state index >= 15 is 0 Å². The summed E-state index contributed by atoms with van der Waals surface area (Å²) in [6.45, 7) is 16.7. The number of nitrogens with one attached hydrogen (secondary N) is 2. The maximum absolute atomic E-state index is 12.6. The van der Waals surface area contributed by atoms with E-state index in [9.17, 15) is 19.2 Å². The lowest BCUT2D eigenvalue weighted by molar-refractivity contribution is -0.162. The second kappa shape index (κ2) is 10.8. The van der Waals surface area contributed by atoms with Crippen LogP contribution < -0.4 is 10.6 Å². The molecule has 8 nitrogen and oxygen atoms in total. The second-order valence-corrected chi connectivity index (χ2v) is 14.4. The summed E-state index contributed by atoms with van der Waals surface area (Å²) < 4.78 is 9.27. The number of amides is 2. The third-order valence-electron chi connectivity index (χ3n) is 4.91. The van der Waals surface area contributed by atoms with Gasteiger partial charge in [-0.25, -0.2) is 9.59 Å². The normalized spacial score (nSPS) is 13.2. The summed E-state index contributed by atoms with van der Waals surface area (Å²) >= 11 is 6.52. The summed E-state index contributed by atoms with van der Waals surface area (Å²) in [4.78, 5) is 49.6. The first-order chi connectivity index (χ1) is 14.1. The molecule has 0 atom stereocenters. The lowest BCUT2D eigenvalue weighted by Crippen LogP contribution is -2.55. The first-order valence-electron chi connectivity index (χ1n) is 10.4. The molecule has 0 bridgehead atoms. The van der Waals surface area contributed by atoms with Gasteiger partial charge in [-0.2, -0.15) is 0 Å². The van der Waals surface area contributed by atoms with E-state index in [4.69, 9.17) is 9.47 Å². The van der Waals surface area contributed by atoms with Gasteiger partial charge in [-0.3, -0.25) is 9.59 Å². The number of carbonyl (C=O) groups excluding carboxylic acids is 4. The van der Waals surface area contributed by atoms with Crippen molar-refractivity contribution in [1.82, 2.24) is 10.6 Å². The van der Waals surface area contributed by atoms with Gasteiger partial charge >= 0.3 is 11.9 Å². The molecule has 0 aromatic carbocycles. The van der Waals surface area contributed by atoms with Crippen molar-refractivity contribution in [1.29, 1.82) is 0 Å². The molecular weight excluding hydrogens is 548 g/mol. The SMILES string of the molecule is CCC(C)(COC(=O)C(C)(C)NC(=O)C(C)(C)Br)COC(=O)C(C)(C)NC(=O)C(C)(C)Br. The zero-order valence-corrected chi connectivity index (χ0v) is 24.0. The Bertz CT molecular complexity index is 665. The summed E-state index contributed by atoms with van der Waals surface area (Å²) in [6, 6.07) is 0. The van der Waals surface area contributed by atoms with Gasteiger partial charge in [0.25, 0.3) is 0 Å². The highest BCUT2D eigenvalue weighted by Crippen LogP contribution is 2.25. The third kappa shape index (κ3) is 9.77. The molecule has 0 saturated heterocycles. The molecule has 0 unspecified atom stereocenters. The van der Waals surface area contributed by atoms with E-state index in [-0.39, 0.29) is 25.0 Å². The van der Waals surface area contributed by atoms with Crippen molar-refractivity contribution in [2.45, 2.75) is 95.4 Å². The minimum atomic E-state index is -1.23. The smallest absolute Gasteiger partial charge is 0.331 e. The van der Waals surface area contributed by atoms with E-state index in [2.05, 4.69) is 42.5 Å². The van der Waals surface area contributed by atoms with Crippen LogP contribution in [0.25, 0.3) is 0 Å². The van der Waals surface area contributed by atoms with E-state index in [0.29, 0.717) is 6.42 Å². The minimum absolute atomic E-state index is 0.00611. The highest BCUT2D eigenvalue weighted by molar-refractivity contribution is 9.10. The Labute approximate surface area is 208 Å². The Balaban J connectivity index is 5.02. The molecule has 0 heterocycles. The fourth-order valence-electron chi connectivity index (χ4n) is 2.05. The van der Waals surface area contributed by atoms with Crippen LogP contribution in [0, 0.1) is 5.41 Å². The third-order valence-corrected chi connectivity index (χ3v) is 5.63.